The molecule has 0 heterocycles. The molecule has 0 saturated heterocycles. The van der Waals surface area contributed by atoms with Crippen molar-refractivity contribution in [1.29, 1.82) is 0 Å². The molecule has 4 heteroatoms. The predicted molar refractivity (Wildman–Crippen MR) is 61.2 cm³/mol. The molecule has 14 heavy (non-hydrogen) atoms. The molecule has 0 spiro atoms. The van der Waals surface area contributed by atoms with Crippen LogP contribution >= 0.6 is 0 Å². The second-order valence-electron chi connectivity index (χ2n) is 4.19. The van der Waals surface area contributed by atoms with Gasteiger partial charge in [-0.25, -0.2) is 8.42 Å². The lowest BCUT2D eigenvalue weighted by molar-refractivity contribution is 0.545. The third kappa shape index (κ3) is 6.38. The van der Waals surface area contributed by atoms with Crippen LogP contribution < -0.4 is 5.32 Å². The van der Waals surface area contributed by atoms with Gasteiger partial charge in [-0.15, -0.1) is 0 Å². The van der Waals surface area contributed by atoms with E-state index >= 15 is 0 Å². The van der Waals surface area contributed by atoms with E-state index in [2.05, 4.69) is 5.32 Å². The molecule has 3 nitrogen and oxygen atoms in total. The standard InChI is InChI=1S/C10H23NO2S/c1-5-10(11-4)8-14(12,13)7-6-9(2)3/h9-11H,5-8H2,1-4H3. The molecule has 0 amide bonds. The minimum Gasteiger partial charge on any atom is -0.316 e. The van der Waals surface area contributed by atoms with Crippen LogP contribution in [0.25, 0.3) is 0 Å². The van der Waals surface area contributed by atoms with Gasteiger partial charge in [-0.3, -0.25) is 0 Å². The molecule has 0 aromatic carbocycles. The highest BCUT2D eigenvalue weighted by atomic mass is 32.2. The van der Waals surface area contributed by atoms with E-state index in [1.807, 2.05) is 27.8 Å². The molecular formula is C10H23NO2S. The summed E-state index contributed by atoms with van der Waals surface area (Å²) in [4.78, 5) is 0. The second kappa shape index (κ2) is 6.40. The van der Waals surface area contributed by atoms with Crippen molar-refractivity contribution in [2.75, 3.05) is 18.6 Å². The Morgan fingerprint density at radius 2 is 1.86 bits per heavy atom. The summed E-state index contributed by atoms with van der Waals surface area (Å²) >= 11 is 0. The lowest BCUT2D eigenvalue weighted by atomic mass is 10.2. The van der Waals surface area contributed by atoms with Crippen molar-refractivity contribution in [3.8, 4) is 0 Å². The second-order valence-corrected chi connectivity index (χ2v) is 6.42. The summed E-state index contributed by atoms with van der Waals surface area (Å²) in [5.41, 5.74) is 0. The molecule has 1 N–H and O–H groups in total. The molecule has 0 saturated carbocycles. The van der Waals surface area contributed by atoms with Crippen LogP contribution in [-0.2, 0) is 9.84 Å². The summed E-state index contributed by atoms with van der Waals surface area (Å²) in [5, 5.41) is 3.02. The van der Waals surface area contributed by atoms with Gasteiger partial charge in [0.1, 0.15) is 0 Å². The van der Waals surface area contributed by atoms with Crippen LogP contribution in [0, 0.1) is 5.92 Å². The summed E-state index contributed by atoms with van der Waals surface area (Å²) in [6.07, 6.45) is 1.62. The quantitative estimate of drug-likeness (QED) is 0.707. The summed E-state index contributed by atoms with van der Waals surface area (Å²) in [7, 11) is -1.05. The van der Waals surface area contributed by atoms with Gasteiger partial charge in [-0.2, -0.15) is 0 Å². The monoisotopic (exact) mass is 221 g/mol. The predicted octanol–water partition coefficient (Wildman–Crippen LogP) is 1.45. The molecule has 1 atom stereocenters. The van der Waals surface area contributed by atoms with E-state index in [4.69, 9.17) is 0 Å². The minimum atomic E-state index is -2.86. The van der Waals surface area contributed by atoms with Gasteiger partial charge in [-0.1, -0.05) is 20.8 Å². The summed E-state index contributed by atoms with van der Waals surface area (Å²) in [6.45, 7) is 6.09. The summed E-state index contributed by atoms with van der Waals surface area (Å²) < 4.78 is 23.2. The van der Waals surface area contributed by atoms with Gasteiger partial charge >= 0.3 is 0 Å². The first kappa shape index (κ1) is 13.9. The fourth-order valence-electron chi connectivity index (χ4n) is 1.21. The smallest absolute Gasteiger partial charge is 0.151 e. The zero-order chi connectivity index (χ0) is 11.2. The third-order valence-electron chi connectivity index (χ3n) is 2.36. The maximum absolute atomic E-state index is 11.6. The van der Waals surface area contributed by atoms with Crippen molar-refractivity contribution in [3.63, 3.8) is 0 Å². The van der Waals surface area contributed by atoms with Crippen LogP contribution in [0.5, 0.6) is 0 Å². The van der Waals surface area contributed by atoms with Gasteiger partial charge in [0.05, 0.1) is 11.5 Å². The Morgan fingerprint density at radius 3 is 2.21 bits per heavy atom. The SMILES string of the molecule is CCC(CS(=O)(=O)CCC(C)C)NC. The lowest BCUT2D eigenvalue weighted by Gasteiger charge is -2.14. The van der Waals surface area contributed by atoms with Crippen molar-refractivity contribution in [1.82, 2.24) is 5.32 Å². The Kier molecular flexibility index (Phi) is 6.36. The topological polar surface area (TPSA) is 46.2 Å². The lowest BCUT2D eigenvalue weighted by Crippen LogP contribution is -2.33. The molecule has 0 aromatic heterocycles. The van der Waals surface area contributed by atoms with Crippen molar-refractivity contribution < 1.29 is 8.42 Å². The highest BCUT2D eigenvalue weighted by Gasteiger charge is 2.16. The molecule has 0 radical (unpaired) electrons. The first-order valence-corrected chi connectivity index (χ1v) is 7.11. The minimum absolute atomic E-state index is 0.104. The van der Waals surface area contributed by atoms with E-state index in [1.54, 1.807) is 0 Å². The Balaban J connectivity index is 4.06. The first-order valence-electron chi connectivity index (χ1n) is 5.29. The number of rotatable bonds is 7. The van der Waals surface area contributed by atoms with E-state index < -0.39 is 9.84 Å². The van der Waals surface area contributed by atoms with Gasteiger partial charge < -0.3 is 5.32 Å². The van der Waals surface area contributed by atoms with E-state index in [-0.39, 0.29) is 11.8 Å². The van der Waals surface area contributed by atoms with Crippen LogP contribution in [0.3, 0.4) is 0 Å². The van der Waals surface area contributed by atoms with Gasteiger partial charge in [0.2, 0.25) is 0 Å². The number of hydrogen-bond donors (Lipinski definition) is 1. The number of hydrogen-bond acceptors (Lipinski definition) is 3. The molecular weight excluding hydrogens is 198 g/mol. The average molecular weight is 221 g/mol. The zero-order valence-electron chi connectivity index (χ0n) is 9.71. The molecule has 0 aliphatic carbocycles. The molecule has 0 bridgehead atoms. The molecule has 0 fully saturated rings. The first-order chi connectivity index (χ1) is 6.41. The van der Waals surface area contributed by atoms with Gasteiger partial charge in [0.25, 0.3) is 0 Å². The Bertz CT molecular complexity index is 231. The van der Waals surface area contributed by atoms with Crippen LogP contribution in [0.15, 0.2) is 0 Å². The molecule has 0 rings (SSSR count). The fraction of sp³-hybridized carbons (Fsp3) is 1.00. The molecule has 1 unspecified atom stereocenters. The number of nitrogens with one attached hydrogen (secondary N) is 1. The van der Waals surface area contributed by atoms with Crippen LogP contribution in [0.4, 0.5) is 0 Å². The van der Waals surface area contributed by atoms with Crippen molar-refractivity contribution in [2.45, 2.75) is 39.7 Å². The molecule has 0 aromatic rings. The highest BCUT2D eigenvalue weighted by Crippen LogP contribution is 2.05. The Hall–Kier alpha value is -0.0900. The summed E-state index contributed by atoms with van der Waals surface area (Å²) in [6, 6.07) is 0.104. The molecule has 86 valence electrons. The van der Waals surface area contributed by atoms with E-state index in [9.17, 15) is 8.42 Å². The number of sulfone groups is 1. The zero-order valence-corrected chi connectivity index (χ0v) is 10.5. The van der Waals surface area contributed by atoms with E-state index in [0.29, 0.717) is 11.7 Å². The van der Waals surface area contributed by atoms with Gasteiger partial charge in [0.15, 0.2) is 9.84 Å². The third-order valence-corrected chi connectivity index (χ3v) is 4.13. The maximum Gasteiger partial charge on any atom is 0.151 e. The highest BCUT2D eigenvalue weighted by molar-refractivity contribution is 7.91. The van der Waals surface area contributed by atoms with Crippen LogP contribution in [0.1, 0.15) is 33.6 Å². The van der Waals surface area contributed by atoms with E-state index in [0.717, 1.165) is 12.8 Å². The van der Waals surface area contributed by atoms with Crippen LogP contribution in [0.2, 0.25) is 0 Å². The van der Waals surface area contributed by atoms with Crippen molar-refractivity contribution in [2.24, 2.45) is 5.92 Å². The normalized spacial score (nSPS) is 14.6. The van der Waals surface area contributed by atoms with Crippen molar-refractivity contribution in [3.05, 3.63) is 0 Å². The van der Waals surface area contributed by atoms with Gasteiger partial charge in [-0.05, 0) is 25.8 Å². The van der Waals surface area contributed by atoms with Crippen LogP contribution in [-0.4, -0.2) is 33.0 Å². The largest absolute Gasteiger partial charge is 0.316 e. The Labute approximate surface area is 88.2 Å². The Morgan fingerprint density at radius 1 is 1.29 bits per heavy atom. The van der Waals surface area contributed by atoms with Crippen molar-refractivity contribution >= 4 is 9.84 Å². The van der Waals surface area contributed by atoms with Gasteiger partial charge in [0, 0.05) is 6.04 Å². The summed E-state index contributed by atoms with van der Waals surface area (Å²) in [5.74, 6) is 1.05. The molecule has 0 aliphatic rings. The van der Waals surface area contributed by atoms with E-state index in [1.165, 1.54) is 0 Å². The fourth-order valence-corrected chi connectivity index (χ4v) is 3.22. The maximum atomic E-state index is 11.6. The molecule has 0 aliphatic heterocycles. The average Bonchev–Trinajstić information content (AvgIpc) is 2.11.